The van der Waals surface area contributed by atoms with Gasteiger partial charge >= 0.3 is 0 Å². The van der Waals surface area contributed by atoms with Gasteiger partial charge in [0.15, 0.2) is 11.6 Å². The lowest BCUT2D eigenvalue weighted by atomic mass is 10.1. The normalized spacial score (nSPS) is 12.1. The van der Waals surface area contributed by atoms with Gasteiger partial charge in [-0.1, -0.05) is 6.07 Å². The molecule has 0 aliphatic carbocycles. The Morgan fingerprint density at radius 3 is 2.58 bits per heavy atom. The second kappa shape index (κ2) is 11.0. The van der Waals surface area contributed by atoms with E-state index in [2.05, 4.69) is 20.6 Å². The molecule has 36 heavy (non-hydrogen) atoms. The standard InChI is InChI=1S/C27H30FN5O3/c1-16-10-17(12-24(34)33-19(14-29)15-32-27(2,3)4)11-21(28)25(16)36-23-8-9-31-22-7-6-18(13-20(22)23)26(35)30-5/h6-11,13-15H,12,29H2,1-5H3,(H,30,35)(H,33,34)/b19-14+,32-15?. The van der Waals surface area contributed by atoms with E-state index in [0.717, 1.165) is 0 Å². The van der Waals surface area contributed by atoms with E-state index < -0.39 is 5.82 Å². The van der Waals surface area contributed by atoms with Crippen LogP contribution in [0.15, 0.2) is 59.5 Å². The Kier molecular flexibility index (Phi) is 8.03. The first-order chi connectivity index (χ1) is 17.0. The van der Waals surface area contributed by atoms with Crippen molar-refractivity contribution in [3.63, 3.8) is 0 Å². The van der Waals surface area contributed by atoms with Gasteiger partial charge in [-0.05, 0) is 69.2 Å². The molecule has 0 bridgehead atoms. The van der Waals surface area contributed by atoms with Crippen LogP contribution in [-0.2, 0) is 11.2 Å². The molecular weight excluding hydrogens is 461 g/mol. The van der Waals surface area contributed by atoms with Gasteiger partial charge in [0.25, 0.3) is 5.91 Å². The lowest BCUT2D eigenvalue weighted by Gasteiger charge is -2.14. The number of pyridine rings is 1. The number of hydrogen-bond donors (Lipinski definition) is 3. The Morgan fingerprint density at radius 2 is 1.94 bits per heavy atom. The monoisotopic (exact) mass is 491 g/mol. The van der Waals surface area contributed by atoms with E-state index >= 15 is 4.39 Å². The number of aromatic nitrogens is 1. The van der Waals surface area contributed by atoms with Crippen molar-refractivity contribution in [1.82, 2.24) is 15.6 Å². The average Bonchev–Trinajstić information content (AvgIpc) is 2.82. The number of carbonyl (C=O) groups is 2. The molecule has 0 spiro atoms. The van der Waals surface area contributed by atoms with Crippen molar-refractivity contribution < 1.29 is 18.7 Å². The van der Waals surface area contributed by atoms with Crippen molar-refractivity contribution in [2.45, 2.75) is 39.7 Å². The lowest BCUT2D eigenvalue weighted by molar-refractivity contribution is -0.119. The highest BCUT2D eigenvalue weighted by atomic mass is 19.1. The fourth-order valence-electron chi connectivity index (χ4n) is 3.41. The van der Waals surface area contributed by atoms with Crippen LogP contribution in [0.1, 0.15) is 42.3 Å². The largest absolute Gasteiger partial charge is 0.453 e. The highest BCUT2D eigenvalue weighted by Gasteiger charge is 2.16. The van der Waals surface area contributed by atoms with Crippen LogP contribution in [0, 0.1) is 12.7 Å². The second-order valence-electron chi connectivity index (χ2n) is 9.22. The Balaban J connectivity index is 1.81. The molecular formula is C27H30FN5O3. The third-order valence-electron chi connectivity index (χ3n) is 5.11. The van der Waals surface area contributed by atoms with Crippen molar-refractivity contribution in [1.29, 1.82) is 0 Å². The van der Waals surface area contributed by atoms with E-state index in [1.54, 1.807) is 50.5 Å². The van der Waals surface area contributed by atoms with E-state index in [1.807, 2.05) is 20.8 Å². The molecule has 0 saturated carbocycles. The van der Waals surface area contributed by atoms with Gasteiger partial charge in [0, 0.05) is 36.6 Å². The number of fused-ring (bicyclic) bond motifs is 1. The maximum atomic E-state index is 15.1. The molecule has 1 heterocycles. The zero-order valence-corrected chi connectivity index (χ0v) is 21.0. The SMILES string of the molecule is CNC(=O)c1ccc2nccc(Oc3c(C)cc(CC(=O)N/C(C=NC(C)(C)C)=C/N)cc3F)c2c1. The molecule has 0 saturated heterocycles. The first-order valence-corrected chi connectivity index (χ1v) is 11.4. The Bertz CT molecular complexity index is 1340. The van der Waals surface area contributed by atoms with Crippen LogP contribution < -0.4 is 21.1 Å². The summed E-state index contributed by atoms with van der Waals surface area (Å²) in [6.45, 7) is 7.46. The minimum absolute atomic E-state index is 0.0249. The number of nitrogens with one attached hydrogen (secondary N) is 2. The predicted octanol–water partition coefficient (Wildman–Crippen LogP) is 4.16. The molecule has 3 aromatic rings. The fourth-order valence-corrected chi connectivity index (χ4v) is 3.41. The third-order valence-corrected chi connectivity index (χ3v) is 5.11. The number of aliphatic imine (C=N–C) groups is 1. The van der Waals surface area contributed by atoms with E-state index in [0.29, 0.717) is 39.0 Å². The molecule has 1 aromatic heterocycles. The van der Waals surface area contributed by atoms with Crippen LogP contribution in [0.5, 0.6) is 11.5 Å². The van der Waals surface area contributed by atoms with Gasteiger partial charge in [-0.3, -0.25) is 19.6 Å². The third kappa shape index (κ3) is 6.65. The van der Waals surface area contributed by atoms with E-state index in [4.69, 9.17) is 10.5 Å². The molecule has 2 amide bonds. The summed E-state index contributed by atoms with van der Waals surface area (Å²) in [5.41, 5.74) is 7.64. The van der Waals surface area contributed by atoms with Gasteiger partial charge in [-0.15, -0.1) is 0 Å². The molecule has 8 nitrogen and oxygen atoms in total. The number of hydrogen-bond acceptors (Lipinski definition) is 6. The number of carbonyl (C=O) groups excluding carboxylic acids is 2. The zero-order chi connectivity index (χ0) is 26.5. The predicted molar refractivity (Wildman–Crippen MR) is 139 cm³/mol. The molecule has 9 heteroatoms. The molecule has 0 radical (unpaired) electrons. The molecule has 0 atom stereocenters. The number of aryl methyl sites for hydroxylation is 1. The van der Waals surface area contributed by atoms with Gasteiger partial charge in [-0.2, -0.15) is 0 Å². The number of nitrogens with two attached hydrogens (primary N) is 1. The van der Waals surface area contributed by atoms with Crippen molar-refractivity contribution in [3.05, 3.63) is 77.0 Å². The number of amides is 2. The number of rotatable bonds is 7. The Hall–Kier alpha value is -4.27. The van der Waals surface area contributed by atoms with Crippen molar-refractivity contribution in [3.8, 4) is 11.5 Å². The molecule has 0 aliphatic rings. The van der Waals surface area contributed by atoms with Crippen molar-refractivity contribution >= 4 is 28.9 Å². The number of ether oxygens (including phenoxy) is 1. The topological polar surface area (TPSA) is 119 Å². The van der Waals surface area contributed by atoms with Gasteiger partial charge in [-0.25, -0.2) is 4.39 Å². The lowest BCUT2D eigenvalue weighted by Crippen LogP contribution is -2.26. The van der Waals surface area contributed by atoms with Gasteiger partial charge in [0.2, 0.25) is 5.91 Å². The summed E-state index contributed by atoms with van der Waals surface area (Å²) in [6.07, 6.45) is 4.24. The summed E-state index contributed by atoms with van der Waals surface area (Å²) in [6, 6.07) is 9.56. The van der Waals surface area contributed by atoms with Crippen LogP contribution in [0.25, 0.3) is 10.9 Å². The van der Waals surface area contributed by atoms with Gasteiger partial charge < -0.3 is 21.1 Å². The number of halogens is 1. The molecule has 0 unspecified atom stereocenters. The molecule has 2 aromatic carbocycles. The zero-order valence-electron chi connectivity index (χ0n) is 21.0. The molecule has 3 rings (SSSR count). The van der Waals surface area contributed by atoms with E-state index in [9.17, 15) is 9.59 Å². The van der Waals surface area contributed by atoms with Crippen molar-refractivity contribution in [2.75, 3.05) is 7.05 Å². The van der Waals surface area contributed by atoms with Crippen LogP contribution in [0.2, 0.25) is 0 Å². The minimum atomic E-state index is -0.617. The maximum absolute atomic E-state index is 15.1. The molecule has 4 N–H and O–H groups in total. The Morgan fingerprint density at radius 1 is 1.19 bits per heavy atom. The first-order valence-electron chi connectivity index (χ1n) is 11.4. The van der Waals surface area contributed by atoms with Crippen LogP contribution in [-0.4, -0.2) is 35.6 Å². The summed E-state index contributed by atoms with van der Waals surface area (Å²) in [5, 5.41) is 5.82. The van der Waals surface area contributed by atoms with E-state index in [-0.39, 0.29) is 29.5 Å². The quantitative estimate of drug-likeness (QED) is 0.429. The molecule has 188 valence electrons. The summed E-state index contributed by atoms with van der Waals surface area (Å²) < 4.78 is 21.0. The highest BCUT2D eigenvalue weighted by Crippen LogP contribution is 2.33. The van der Waals surface area contributed by atoms with Crippen LogP contribution in [0.3, 0.4) is 0 Å². The number of nitrogens with zero attached hydrogens (tertiary/aromatic N) is 2. The number of allylic oxidation sites excluding steroid dienone is 1. The molecule has 0 fully saturated rings. The maximum Gasteiger partial charge on any atom is 0.251 e. The molecule has 0 aliphatic heterocycles. The highest BCUT2D eigenvalue weighted by molar-refractivity contribution is 5.99. The van der Waals surface area contributed by atoms with Crippen LogP contribution >= 0.6 is 0 Å². The average molecular weight is 492 g/mol. The van der Waals surface area contributed by atoms with Crippen LogP contribution in [0.4, 0.5) is 4.39 Å². The summed E-state index contributed by atoms with van der Waals surface area (Å²) in [4.78, 5) is 33.1. The van der Waals surface area contributed by atoms with E-state index in [1.165, 1.54) is 18.5 Å². The second-order valence-corrected chi connectivity index (χ2v) is 9.22. The number of benzene rings is 2. The smallest absolute Gasteiger partial charge is 0.251 e. The van der Waals surface area contributed by atoms with Gasteiger partial charge in [0.1, 0.15) is 5.75 Å². The first kappa shape index (κ1) is 26.3. The van der Waals surface area contributed by atoms with Gasteiger partial charge in [0.05, 0.1) is 23.2 Å². The minimum Gasteiger partial charge on any atom is -0.453 e. The summed E-state index contributed by atoms with van der Waals surface area (Å²) >= 11 is 0. The summed E-state index contributed by atoms with van der Waals surface area (Å²) in [7, 11) is 1.54. The fraction of sp³-hybridized carbons (Fsp3) is 0.259. The Labute approximate surface area is 209 Å². The summed E-state index contributed by atoms with van der Waals surface area (Å²) in [5.74, 6) is -0.851. The van der Waals surface area contributed by atoms with Crippen molar-refractivity contribution in [2.24, 2.45) is 10.7 Å².